The van der Waals surface area contributed by atoms with Gasteiger partial charge in [-0.1, -0.05) is 12.1 Å². The van der Waals surface area contributed by atoms with E-state index in [1.54, 1.807) is 6.92 Å². The van der Waals surface area contributed by atoms with Gasteiger partial charge in [-0.25, -0.2) is 12.8 Å². The molecule has 1 atom stereocenters. The van der Waals surface area contributed by atoms with Crippen LogP contribution in [0.4, 0.5) is 4.39 Å². The molecule has 2 amide bonds. The number of carbonyl (C=O) groups excluding carboxylic acids is 3. The van der Waals surface area contributed by atoms with Crippen molar-refractivity contribution < 1.29 is 31.9 Å². The Hall–Kier alpha value is -2.49. The first kappa shape index (κ1) is 20.8. The summed E-state index contributed by atoms with van der Waals surface area (Å²) in [5, 5.41) is 2.21. The summed E-state index contributed by atoms with van der Waals surface area (Å²) < 4.78 is 41.4. The summed E-state index contributed by atoms with van der Waals surface area (Å²) in [4.78, 5) is 37.1. The highest BCUT2D eigenvalue weighted by Crippen LogP contribution is 2.17. The predicted molar refractivity (Wildman–Crippen MR) is 94.1 cm³/mol. The lowest BCUT2D eigenvalue weighted by molar-refractivity contribution is -0.151. The number of sulfone groups is 1. The van der Waals surface area contributed by atoms with Crippen molar-refractivity contribution in [1.29, 1.82) is 0 Å². The van der Waals surface area contributed by atoms with Crippen molar-refractivity contribution in [2.75, 3.05) is 31.2 Å². The summed E-state index contributed by atoms with van der Waals surface area (Å²) in [6.07, 6.45) is 0.356. The van der Waals surface area contributed by atoms with Crippen molar-refractivity contribution >= 4 is 27.6 Å². The van der Waals surface area contributed by atoms with Gasteiger partial charge >= 0.3 is 5.97 Å². The van der Waals surface area contributed by atoms with E-state index in [-0.39, 0.29) is 17.1 Å². The fourth-order valence-electron chi connectivity index (χ4n) is 2.83. The van der Waals surface area contributed by atoms with Crippen molar-refractivity contribution in [1.82, 2.24) is 10.2 Å². The molecule has 1 heterocycles. The molecule has 0 radical (unpaired) electrons. The number of rotatable bonds is 7. The largest absolute Gasteiger partial charge is 0.454 e. The van der Waals surface area contributed by atoms with Crippen LogP contribution in [0.2, 0.25) is 0 Å². The molecular weight excluding hydrogens is 379 g/mol. The number of hydrogen-bond donors (Lipinski definition) is 1. The second-order valence-electron chi connectivity index (χ2n) is 6.06. The minimum Gasteiger partial charge on any atom is -0.454 e. The first-order valence-electron chi connectivity index (χ1n) is 8.41. The molecule has 27 heavy (non-hydrogen) atoms. The predicted octanol–water partition coefficient (Wildman–Crippen LogP) is 0.134. The minimum absolute atomic E-state index is 0.0311. The van der Waals surface area contributed by atoms with E-state index in [0.29, 0.717) is 13.0 Å². The Bertz CT molecular complexity index is 826. The van der Waals surface area contributed by atoms with Crippen molar-refractivity contribution in [3.8, 4) is 0 Å². The highest BCUT2D eigenvalue weighted by atomic mass is 32.2. The maximum Gasteiger partial charge on any atom is 0.325 e. The van der Waals surface area contributed by atoms with E-state index in [9.17, 15) is 27.2 Å². The third-order valence-electron chi connectivity index (χ3n) is 4.18. The zero-order valence-electron chi connectivity index (χ0n) is 14.8. The number of likely N-dealkylation sites (N-methyl/N-ethyl adjacent to an activating group) is 1. The van der Waals surface area contributed by atoms with Gasteiger partial charge in [0.05, 0.1) is 17.1 Å². The molecule has 0 saturated carbocycles. The monoisotopic (exact) mass is 400 g/mol. The summed E-state index contributed by atoms with van der Waals surface area (Å²) in [7, 11) is -3.14. The van der Waals surface area contributed by atoms with E-state index in [0.717, 1.165) is 6.07 Å². The lowest BCUT2D eigenvalue weighted by Crippen LogP contribution is -2.43. The van der Waals surface area contributed by atoms with Crippen molar-refractivity contribution in [2.24, 2.45) is 0 Å². The third kappa shape index (κ3) is 5.75. The van der Waals surface area contributed by atoms with E-state index in [1.165, 1.54) is 23.1 Å². The van der Waals surface area contributed by atoms with Gasteiger partial charge in [-0.15, -0.1) is 0 Å². The molecule has 10 heteroatoms. The Morgan fingerprint density at radius 3 is 2.59 bits per heavy atom. The van der Waals surface area contributed by atoms with E-state index in [4.69, 9.17) is 4.74 Å². The van der Waals surface area contributed by atoms with E-state index >= 15 is 0 Å². The average Bonchev–Trinajstić information content (AvgIpc) is 2.98. The Balaban J connectivity index is 1.80. The van der Waals surface area contributed by atoms with Gasteiger partial charge in [0.25, 0.3) is 11.8 Å². The second kappa shape index (κ2) is 8.94. The number of ether oxygens (including phenoxy) is 1. The normalized spacial score (nSPS) is 17.9. The second-order valence-corrected chi connectivity index (χ2v) is 8.29. The Labute approximate surface area is 156 Å². The minimum atomic E-state index is -3.14. The number of hydrogen-bond acceptors (Lipinski definition) is 6. The van der Waals surface area contributed by atoms with Crippen LogP contribution in [-0.2, 0) is 24.2 Å². The summed E-state index contributed by atoms with van der Waals surface area (Å²) in [5.41, 5.74) is -0.207. The molecule has 0 aromatic heterocycles. The van der Waals surface area contributed by atoms with Crippen LogP contribution in [0.3, 0.4) is 0 Å². The van der Waals surface area contributed by atoms with Crippen molar-refractivity contribution in [3.05, 3.63) is 35.6 Å². The van der Waals surface area contributed by atoms with Crippen LogP contribution in [0, 0.1) is 5.82 Å². The highest BCUT2D eigenvalue weighted by Gasteiger charge is 2.34. The molecule has 1 aliphatic heterocycles. The molecule has 1 aliphatic rings. The lowest BCUT2D eigenvalue weighted by Gasteiger charge is -2.26. The van der Waals surface area contributed by atoms with E-state index < -0.39 is 52.6 Å². The van der Waals surface area contributed by atoms with Crippen LogP contribution in [0.25, 0.3) is 0 Å². The molecule has 1 fully saturated rings. The van der Waals surface area contributed by atoms with Gasteiger partial charge in [-0.05, 0) is 25.5 Å². The van der Waals surface area contributed by atoms with Gasteiger partial charge < -0.3 is 15.0 Å². The van der Waals surface area contributed by atoms with Crippen LogP contribution in [0.1, 0.15) is 23.7 Å². The summed E-state index contributed by atoms with van der Waals surface area (Å²) >= 11 is 0. The van der Waals surface area contributed by atoms with Gasteiger partial charge in [-0.3, -0.25) is 14.4 Å². The van der Waals surface area contributed by atoms with Crippen LogP contribution < -0.4 is 5.32 Å². The van der Waals surface area contributed by atoms with Crippen LogP contribution in [-0.4, -0.2) is 68.3 Å². The molecule has 0 bridgehead atoms. The molecule has 0 unspecified atom stereocenters. The number of benzene rings is 1. The molecule has 1 saturated heterocycles. The van der Waals surface area contributed by atoms with Crippen LogP contribution >= 0.6 is 0 Å². The fourth-order valence-corrected chi connectivity index (χ4v) is 4.56. The molecular formula is C17H21FN2O6S. The zero-order chi connectivity index (χ0) is 20.0. The van der Waals surface area contributed by atoms with Gasteiger partial charge in [-0.2, -0.15) is 0 Å². The van der Waals surface area contributed by atoms with Gasteiger partial charge in [0.1, 0.15) is 12.4 Å². The summed E-state index contributed by atoms with van der Waals surface area (Å²) in [6, 6.07) is 4.88. The van der Waals surface area contributed by atoms with Gasteiger partial charge in [0, 0.05) is 12.6 Å². The number of amides is 2. The molecule has 0 spiro atoms. The molecule has 8 nitrogen and oxygen atoms in total. The highest BCUT2D eigenvalue weighted by molar-refractivity contribution is 7.91. The molecule has 1 aromatic rings. The topological polar surface area (TPSA) is 110 Å². The van der Waals surface area contributed by atoms with Gasteiger partial charge in [0.2, 0.25) is 0 Å². The van der Waals surface area contributed by atoms with E-state index in [1.807, 2.05) is 0 Å². The first-order valence-corrected chi connectivity index (χ1v) is 10.2. The molecule has 2 rings (SSSR count). The van der Waals surface area contributed by atoms with Crippen molar-refractivity contribution in [2.45, 2.75) is 19.4 Å². The molecule has 1 N–H and O–H groups in total. The number of carbonyl (C=O) groups is 3. The summed E-state index contributed by atoms with van der Waals surface area (Å²) in [5.74, 6) is -2.93. The average molecular weight is 400 g/mol. The number of nitrogens with one attached hydrogen (secondary N) is 1. The maximum absolute atomic E-state index is 13.5. The Morgan fingerprint density at radius 2 is 2.00 bits per heavy atom. The molecule has 0 aliphatic carbocycles. The van der Waals surface area contributed by atoms with Crippen molar-refractivity contribution in [3.63, 3.8) is 0 Å². The molecule has 148 valence electrons. The third-order valence-corrected chi connectivity index (χ3v) is 5.93. The standard InChI is InChI=1S/C17H21FN2O6S/c1-2-20(12-7-8-27(24,25)11-12)15(21)10-26-16(22)9-19-17(23)13-5-3-4-6-14(13)18/h3-6,12H,2,7-11H2,1H3,(H,19,23)/t12-/m0/s1. The number of halogens is 1. The van der Waals surface area contributed by atoms with Crippen LogP contribution in [0.5, 0.6) is 0 Å². The fraction of sp³-hybridized carbons (Fsp3) is 0.471. The molecule has 1 aromatic carbocycles. The van der Waals surface area contributed by atoms with Gasteiger partial charge in [0.15, 0.2) is 16.4 Å². The Kier molecular flexibility index (Phi) is 6.89. The SMILES string of the molecule is CCN(C(=O)COC(=O)CNC(=O)c1ccccc1F)[C@H]1CCS(=O)(=O)C1. The Morgan fingerprint density at radius 1 is 1.30 bits per heavy atom. The summed E-state index contributed by atoms with van der Waals surface area (Å²) in [6.45, 7) is 0.920. The first-order chi connectivity index (χ1) is 12.7. The smallest absolute Gasteiger partial charge is 0.325 e. The number of nitrogens with zero attached hydrogens (tertiary/aromatic N) is 1. The van der Waals surface area contributed by atoms with Crippen LogP contribution in [0.15, 0.2) is 24.3 Å². The quantitative estimate of drug-likeness (QED) is 0.652. The maximum atomic E-state index is 13.5. The number of esters is 1. The van der Waals surface area contributed by atoms with E-state index in [2.05, 4.69) is 5.32 Å². The zero-order valence-corrected chi connectivity index (χ0v) is 15.6. The lowest BCUT2D eigenvalue weighted by atomic mass is 10.2.